The first-order valence-corrected chi connectivity index (χ1v) is 7.19. The summed E-state index contributed by atoms with van der Waals surface area (Å²) >= 11 is 4.01. The highest BCUT2D eigenvalue weighted by molar-refractivity contribution is 9.10. The van der Waals surface area contributed by atoms with Crippen LogP contribution in [0.15, 0.2) is 22.8 Å². The Morgan fingerprint density at radius 2 is 2.10 bits per heavy atom. The second kappa shape index (κ2) is 5.64. The van der Waals surface area contributed by atoms with Gasteiger partial charge in [0.25, 0.3) is 5.91 Å². The van der Waals surface area contributed by atoms with Gasteiger partial charge in [-0.15, -0.1) is 0 Å². The van der Waals surface area contributed by atoms with Gasteiger partial charge < -0.3 is 11.1 Å². The first kappa shape index (κ1) is 15.8. The second-order valence-electron chi connectivity index (χ2n) is 4.15. The topological polar surface area (TPSA) is 68.0 Å². The molecule has 0 aliphatic carbocycles. The number of carbonyl (C=O) groups excluding carboxylic acids is 1. The van der Waals surface area contributed by atoms with E-state index in [1.807, 2.05) is 0 Å². The Morgan fingerprint density at radius 3 is 2.62 bits per heavy atom. The van der Waals surface area contributed by atoms with Crippen LogP contribution in [0, 0.1) is 6.92 Å². The number of nitrogen functional groups attached to an aromatic ring is 1. The number of alkyl halides is 3. The Hall–Kier alpha value is -1.61. The number of nitrogens with zero attached hydrogens (tertiary/aromatic N) is 1. The number of nitrogens with one attached hydrogen (secondary N) is 1. The molecular weight excluding hydrogens is 371 g/mol. The molecule has 1 aromatic heterocycles. The van der Waals surface area contributed by atoms with Gasteiger partial charge in [-0.25, -0.2) is 4.98 Å². The fourth-order valence-corrected chi connectivity index (χ4v) is 2.67. The molecule has 112 valence electrons. The number of aromatic nitrogens is 1. The van der Waals surface area contributed by atoms with Crippen molar-refractivity contribution in [2.75, 3.05) is 11.1 Å². The molecule has 0 bridgehead atoms. The fraction of sp³-hybridized carbons (Fsp3) is 0.167. The standard InChI is InChI=1S/C12H9BrF3N3OS/c1-5-7(12(14,15)16)2-6(3-8(5)13)19-10(20)9-4-18-11(17)21-9/h2-4H,1H3,(H2,17,18)(H,19,20). The highest BCUT2D eigenvalue weighted by atomic mass is 79.9. The van der Waals surface area contributed by atoms with Crippen LogP contribution in [0.3, 0.4) is 0 Å². The number of nitrogens with two attached hydrogens (primary N) is 1. The average Bonchev–Trinajstić information content (AvgIpc) is 2.79. The summed E-state index contributed by atoms with van der Waals surface area (Å²) < 4.78 is 39.0. The van der Waals surface area contributed by atoms with Crippen LogP contribution >= 0.6 is 27.3 Å². The maximum Gasteiger partial charge on any atom is 0.416 e. The van der Waals surface area contributed by atoms with Crippen LogP contribution in [0.1, 0.15) is 20.8 Å². The lowest BCUT2D eigenvalue weighted by molar-refractivity contribution is -0.138. The number of hydrogen-bond donors (Lipinski definition) is 2. The maximum absolute atomic E-state index is 12.9. The molecule has 0 atom stereocenters. The summed E-state index contributed by atoms with van der Waals surface area (Å²) in [4.78, 5) is 15.8. The van der Waals surface area contributed by atoms with Crippen molar-refractivity contribution in [3.8, 4) is 0 Å². The molecule has 0 saturated carbocycles. The SMILES string of the molecule is Cc1c(Br)cc(NC(=O)c2cnc(N)s2)cc1C(F)(F)F. The molecule has 1 aromatic carbocycles. The molecule has 0 fully saturated rings. The van der Waals surface area contributed by atoms with Crippen LogP contribution in [0.5, 0.6) is 0 Å². The van der Waals surface area contributed by atoms with Crippen LogP contribution in [-0.2, 0) is 6.18 Å². The Bertz CT molecular complexity index is 700. The monoisotopic (exact) mass is 379 g/mol. The normalized spacial score (nSPS) is 11.5. The molecule has 21 heavy (non-hydrogen) atoms. The van der Waals surface area contributed by atoms with E-state index in [2.05, 4.69) is 26.2 Å². The van der Waals surface area contributed by atoms with Crippen molar-refractivity contribution < 1.29 is 18.0 Å². The Labute approximate surface area is 130 Å². The minimum atomic E-state index is -4.50. The van der Waals surface area contributed by atoms with E-state index in [1.54, 1.807) is 0 Å². The van der Waals surface area contributed by atoms with Gasteiger partial charge in [0, 0.05) is 10.2 Å². The summed E-state index contributed by atoms with van der Waals surface area (Å²) in [5.74, 6) is -0.562. The minimum absolute atomic E-state index is 0.0387. The number of rotatable bonds is 2. The van der Waals surface area contributed by atoms with Crippen molar-refractivity contribution in [3.63, 3.8) is 0 Å². The minimum Gasteiger partial charge on any atom is -0.375 e. The molecule has 0 unspecified atom stereocenters. The van der Waals surface area contributed by atoms with Crippen molar-refractivity contribution >= 4 is 44.0 Å². The molecule has 1 heterocycles. The smallest absolute Gasteiger partial charge is 0.375 e. The van der Waals surface area contributed by atoms with E-state index in [0.29, 0.717) is 0 Å². The van der Waals surface area contributed by atoms with E-state index < -0.39 is 17.6 Å². The van der Waals surface area contributed by atoms with Crippen LogP contribution < -0.4 is 11.1 Å². The quantitative estimate of drug-likeness (QED) is 0.826. The summed E-state index contributed by atoms with van der Waals surface area (Å²) in [6.07, 6.45) is -3.23. The van der Waals surface area contributed by atoms with Gasteiger partial charge in [0.05, 0.1) is 11.8 Å². The lowest BCUT2D eigenvalue weighted by Gasteiger charge is -2.14. The molecule has 9 heteroatoms. The van der Waals surface area contributed by atoms with Gasteiger partial charge in [0.2, 0.25) is 0 Å². The average molecular weight is 380 g/mol. The van der Waals surface area contributed by atoms with E-state index in [1.165, 1.54) is 19.2 Å². The molecule has 0 saturated heterocycles. The number of amides is 1. The van der Waals surface area contributed by atoms with Crippen LogP contribution in [0.25, 0.3) is 0 Å². The zero-order valence-electron chi connectivity index (χ0n) is 10.6. The maximum atomic E-state index is 12.9. The number of benzene rings is 1. The van der Waals surface area contributed by atoms with Gasteiger partial charge in [0.15, 0.2) is 5.13 Å². The van der Waals surface area contributed by atoms with E-state index in [-0.39, 0.29) is 25.7 Å². The lowest BCUT2D eigenvalue weighted by Crippen LogP contribution is -2.13. The van der Waals surface area contributed by atoms with Crippen molar-refractivity contribution in [2.45, 2.75) is 13.1 Å². The lowest BCUT2D eigenvalue weighted by atomic mass is 10.1. The predicted molar refractivity (Wildman–Crippen MR) is 78.4 cm³/mol. The van der Waals surface area contributed by atoms with Gasteiger partial charge in [0.1, 0.15) is 4.88 Å². The van der Waals surface area contributed by atoms with E-state index >= 15 is 0 Å². The van der Waals surface area contributed by atoms with Crippen molar-refractivity contribution in [1.29, 1.82) is 0 Å². The third kappa shape index (κ3) is 3.53. The summed E-state index contributed by atoms with van der Waals surface area (Å²) in [5.41, 5.74) is 4.69. The van der Waals surface area contributed by atoms with Gasteiger partial charge in [-0.2, -0.15) is 13.2 Å². The fourth-order valence-electron chi connectivity index (χ4n) is 1.63. The predicted octanol–water partition coefficient (Wildman–Crippen LogP) is 4.07. The third-order valence-electron chi connectivity index (χ3n) is 2.65. The molecule has 0 spiro atoms. The van der Waals surface area contributed by atoms with Crippen LogP contribution in [-0.4, -0.2) is 10.9 Å². The molecule has 0 aliphatic heterocycles. The number of halogens is 4. The van der Waals surface area contributed by atoms with Gasteiger partial charge in [-0.1, -0.05) is 27.3 Å². The molecule has 2 rings (SSSR count). The van der Waals surface area contributed by atoms with Crippen molar-refractivity contribution in [1.82, 2.24) is 4.98 Å². The zero-order valence-corrected chi connectivity index (χ0v) is 13.0. The number of hydrogen-bond acceptors (Lipinski definition) is 4. The third-order valence-corrected chi connectivity index (χ3v) is 4.30. The van der Waals surface area contributed by atoms with Gasteiger partial charge in [-0.05, 0) is 24.6 Å². The number of thiazole rings is 1. The zero-order chi connectivity index (χ0) is 15.8. The molecule has 0 aliphatic rings. The molecule has 4 nitrogen and oxygen atoms in total. The number of anilines is 2. The first-order chi connectivity index (χ1) is 9.68. The summed E-state index contributed by atoms with van der Waals surface area (Å²) in [6, 6.07) is 2.30. The van der Waals surface area contributed by atoms with Crippen LogP contribution in [0.2, 0.25) is 0 Å². The van der Waals surface area contributed by atoms with Crippen LogP contribution in [0.4, 0.5) is 24.0 Å². The van der Waals surface area contributed by atoms with E-state index in [9.17, 15) is 18.0 Å². The molecule has 1 amide bonds. The Balaban J connectivity index is 2.33. The summed E-state index contributed by atoms with van der Waals surface area (Å²) in [5, 5.41) is 2.61. The summed E-state index contributed by atoms with van der Waals surface area (Å²) in [7, 11) is 0. The largest absolute Gasteiger partial charge is 0.416 e. The Morgan fingerprint density at radius 1 is 1.43 bits per heavy atom. The van der Waals surface area contributed by atoms with Crippen molar-refractivity contribution in [2.24, 2.45) is 0 Å². The van der Waals surface area contributed by atoms with Crippen molar-refractivity contribution in [3.05, 3.63) is 38.8 Å². The first-order valence-electron chi connectivity index (χ1n) is 5.58. The van der Waals surface area contributed by atoms with E-state index in [4.69, 9.17) is 5.73 Å². The Kier molecular flexibility index (Phi) is 4.24. The second-order valence-corrected chi connectivity index (χ2v) is 6.06. The van der Waals surface area contributed by atoms with Gasteiger partial charge in [-0.3, -0.25) is 4.79 Å². The molecule has 3 N–H and O–H groups in total. The highest BCUT2D eigenvalue weighted by Gasteiger charge is 2.33. The highest BCUT2D eigenvalue weighted by Crippen LogP contribution is 2.37. The molecule has 0 radical (unpaired) electrons. The molecular formula is C12H9BrF3N3OS. The van der Waals surface area contributed by atoms with Gasteiger partial charge >= 0.3 is 6.18 Å². The van der Waals surface area contributed by atoms with E-state index in [0.717, 1.165) is 17.4 Å². The molecule has 2 aromatic rings. The summed E-state index contributed by atoms with van der Waals surface area (Å²) in [6.45, 7) is 1.35. The number of carbonyl (C=O) groups is 1.